The molecule has 0 aliphatic carbocycles. The van der Waals surface area contributed by atoms with Crippen molar-refractivity contribution in [3.63, 3.8) is 0 Å². The van der Waals surface area contributed by atoms with Crippen LogP contribution in [0, 0.1) is 13.8 Å². The fourth-order valence-electron chi connectivity index (χ4n) is 3.69. The van der Waals surface area contributed by atoms with E-state index < -0.39 is 5.54 Å². The highest BCUT2D eigenvalue weighted by Gasteiger charge is 2.36. The Morgan fingerprint density at radius 3 is 2.67 bits per heavy atom. The smallest absolute Gasteiger partial charge is 0.231 e. The summed E-state index contributed by atoms with van der Waals surface area (Å²) in [5.74, 6) is 0.260. The summed E-state index contributed by atoms with van der Waals surface area (Å²) in [6, 6.07) is 13.0. The standard InChI is InChI=1S/C22H23N3OS/c1-13-5-6-14(2)17(9-13)18-11-16(10-15-7-8-27-20(15)18)22(3)12-19(26)25(4)21(23)24-22/h5-11H,12H2,1-4H3,(H2,23,24)/t22-/m0/s1. The average Bonchev–Trinajstić information content (AvgIpc) is 3.09. The van der Waals surface area contributed by atoms with Gasteiger partial charge in [0.05, 0.1) is 12.0 Å². The van der Waals surface area contributed by atoms with Crippen molar-refractivity contribution < 1.29 is 4.79 Å². The van der Waals surface area contributed by atoms with Gasteiger partial charge in [-0.25, -0.2) is 4.99 Å². The second-order valence-electron chi connectivity index (χ2n) is 7.55. The zero-order valence-electron chi connectivity index (χ0n) is 16.0. The third kappa shape index (κ3) is 2.92. The Balaban J connectivity index is 1.97. The van der Waals surface area contributed by atoms with Crippen LogP contribution in [-0.2, 0) is 10.3 Å². The molecule has 138 valence electrons. The number of nitrogens with zero attached hydrogens (tertiary/aromatic N) is 2. The van der Waals surface area contributed by atoms with Crippen LogP contribution in [0.4, 0.5) is 0 Å². The van der Waals surface area contributed by atoms with E-state index in [1.165, 1.54) is 37.2 Å². The maximum atomic E-state index is 12.4. The Kier molecular flexibility index (Phi) is 4.07. The lowest BCUT2D eigenvalue weighted by atomic mass is 9.84. The summed E-state index contributed by atoms with van der Waals surface area (Å²) >= 11 is 1.74. The molecule has 0 unspecified atom stereocenters. The first-order chi connectivity index (χ1) is 12.8. The molecule has 1 aromatic heterocycles. The first-order valence-corrected chi connectivity index (χ1v) is 9.88. The molecule has 0 spiro atoms. The summed E-state index contributed by atoms with van der Waals surface area (Å²) < 4.78 is 1.26. The van der Waals surface area contributed by atoms with Gasteiger partial charge in [0.15, 0.2) is 5.96 Å². The number of carbonyl (C=O) groups is 1. The van der Waals surface area contributed by atoms with E-state index >= 15 is 0 Å². The second kappa shape index (κ2) is 6.20. The molecule has 1 atom stereocenters. The highest BCUT2D eigenvalue weighted by molar-refractivity contribution is 7.17. The van der Waals surface area contributed by atoms with Crippen LogP contribution in [0.15, 0.2) is 46.8 Å². The molecule has 2 heterocycles. The maximum absolute atomic E-state index is 12.4. The van der Waals surface area contributed by atoms with Crippen molar-refractivity contribution in [1.29, 1.82) is 0 Å². The van der Waals surface area contributed by atoms with Gasteiger partial charge in [-0.1, -0.05) is 23.8 Å². The van der Waals surface area contributed by atoms with Gasteiger partial charge in [0.2, 0.25) is 5.91 Å². The molecule has 0 saturated carbocycles. The minimum Gasteiger partial charge on any atom is -0.369 e. The Hall–Kier alpha value is -2.66. The molecule has 2 aromatic carbocycles. The van der Waals surface area contributed by atoms with E-state index in [0.717, 1.165) is 5.56 Å². The zero-order chi connectivity index (χ0) is 19.3. The number of guanidine groups is 1. The van der Waals surface area contributed by atoms with Gasteiger partial charge >= 0.3 is 0 Å². The normalized spacial score (nSPS) is 20.2. The molecular weight excluding hydrogens is 354 g/mol. The molecule has 0 saturated heterocycles. The summed E-state index contributed by atoms with van der Waals surface area (Å²) in [5, 5.41) is 3.29. The van der Waals surface area contributed by atoms with Crippen molar-refractivity contribution in [3.05, 3.63) is 58.5 Å². The van der Waals surface area contributed by atoms with Crippen LogP contribution >= 0.6 is 11.3 Å². The van der Waals surface area contributed by atoms with Crippen LogP contribution in [0.1, 0.15) is 30.0 Å². The fraction of sp³-hybridized carbons (Fsp3) is 0.273. The molecule has 0 bridgehead atoms. The van der Waals surface area contributed by atoms with Crippen molar-refractivity contribution in [2.75, 3.05) is 7.05 Å². The molecule has 0 radical (unpaired) electrons. The van der Waals surface area contributed by atoms with Crippen molar-refractivity contribution in [2.45, 2.75) is 32.7 Å². The number of thiophene rings is 1. The number of nitrogens with two attached hydrogens (primary N) is 1. The highest BCUT2D eigenvalue weighted by atomic mass is 32.1. The lowest BCUT2D eigenvalue weighted by molar-refractivity contribution is -0.128. The van der Waals surface area contributed by atoms with Gasteiger partial charge in [0.1, 0.15) is 0 Å². The number of hydrogen-bond donors (Lipinski definition) is 1. The van der Waals surface area contributed by atoms with E-state index in [-0.39, 0.29) is 11.9 Å². The zero-order valence-corrected chi connectivity index (χ0v) is 16.9. The number of aryl methyl sites for hydroxylation is 2. The summed E-state index contributed by atoms with van der Waals surface area (Å²) in [7, 11) is 1.67. The number of rotatable bonds is 2. The van der Waals surface area contributed by atoms with Crippen LogP contribution in [0.2, 0.25) is 0 Å². The van der Waals surface area contributed by atoms with Crippen LogP contribution in [0.5, 0.6) is 0 Å². The van der Waals surface area contributed by atoms with Gasteiger partial charge in [-0.15, -0.1) is 11.3 Å². The number of hydrogen-bond acceptors (Lipinski definition) is 4. The third-order valence-corrected chi connectivity index (χ3v) is 6.39. The van der Waals surface area contributed by atoms with Gasteiger partial charge in [0, 0.05) is 17.3 Å². The molecule has 0 fully saturated rings. The monoisotopic (exact) mass is 377 g/mol. The molecule has 1 aliphatic heterocycles. The van der Waals surface area contributed by atoms with Crippen molar-refractivity contribution in [1.82, 2.24) is 4.90 Å². The number of fused-ring (bicyclic) bond motifs is 1. The van der Waals surface area contributed by atoms with E-state index in [2.05, 4.69) is 60.6 Å². The average molecular weight is 378 g/mol. The van der Waals surface area contributed by atoms with Crippen LogP contribution in [0.25, 0.3) is 21.2 Å². The van der Waals surface area contributed by atoms with Crippen LogP contribution in [-0.4, -0.2) is 23.8 Å². The molecule has 27 heavy (non-hydrogen) atoms. The van der Waals surface area contributed by atoms with E-state index in [9.17, 15) is 4.79 Å². The van der Waals surface area contributed by atoms with Crippen molar-refractivity contribution in [3.8, 4) is 11.1 Å². The van der Waals surface area contributed by atoms with Crippen LogP contribution in [0.3, 0.4) is 0 Å². The molecule has 1 aliphatic rings. The second-order valence-corrected chi connectivity index (χ2v) is 8.47. The third-order valence-electron chi connectivity index (χ3n) is 5.43. The SMILES string of the molecule is Cc1ccc(C)c(-c2cc([C@]3(C)CC(=O)N(C)C(N)=N3)cc3ccsc23)c1. The summed E-state index contributed by atoms with van der Waals surface area (Å²) in [6.45, 7) is 6.24. The van der Waals surface area contributed by atoms with Gasteiger partial charge in [-0.3, -0.25) is 9.69 Å². The summed E-state index contributed by atoms with van der Waals surface area (Å²) in [4.78, 5) is 18.5. The van der Waals surface area contributed by atoms with Gasteiger partial charge in [-0.2, -0.15) is 0 Å². The van der Waals surface area contributed by atoms with E-state index in [4.69, 9.17) is 5.73 Å². The summed E-state index contributed by atoms with van der Waals surface area (Å²) in [5.41, 5.74) is 11.3. The molecular formula is C22H23N3OS. The Morgan fingerprint density at radius 1 is 1.15 bits per heavy atom. The number of benzene rings is 2. The van der Waals surface area contributed by atoms with E-state index in [1.807, 2.05) is 6.92 Å². The molecule has 3 aromatic rings. The predicted molar refractivity (Wildman–Crippen MR) is 113 cm³/mol. The van der Waals surface area contributed by atoms with Crippen molar-refractivity contribution in [2.24, 2.45) is 10.7 Å². The van der Waals surface area contributed by atoms with Gasteiger partial charge in [-0.05, 0) is 66.4 Å². The lowest BCUT2D eigenvalue weighted by Gasteiger charge is -2.34. The number of amides is 1. The largest absolute Gasteiger partial charge is 0.369 e. The van der Waals surface area contributed by atoms with Gasteiger partial charge in [0.25, 0.3) is 0 Å². The molecule has 4 nitrogen and oxygen atoms in total. The Bertz CT molecular complexity index is 1100. The number of aliphatic imine (C=N–C) groups is 1. The molecule has 2 N–H and O–H groups in total. The first-order valence-electron chi connectivity index (χ1n) is 9.00. The summed E-state index contributed by atoms with van der Waals surface area (Å²) in [6.07, 6.45) is 0.312. The Morgan fingerprint density at radius 2 is 1.93 bits per heavy atom. The van der Waals surface area contributed by atoms with Crippen LogP contribution < -0.4 is 5.73 Å². The fourth-order valence-corrected chi connectivity index (χ4v) is 4.60. The van der Waals surface area contributed by atoms with Crippen molar-refractivity contribution >= 4 is 33.3 Å². The highest BCUT2D eigenvalue weighted by Crippen LogP contribution is 2.41. The molecule has 5 heteroatoms. The Labute approximate surface area is 163 Å². The topological polar surface area (TPSA) is 58.7 Å². The lowest BCUT2D eigenvalue weighted by Crippen LogP contribution is -2.47. The van der Waals surface area contributed by atoms with E-state index in [1.54, 1.807) is 18.4 Å². The number of carbonyl (C=O) groups excluding carboxylic acids is 1. The minimum absolute atomic E-state index is 0.0105. The molecule has 4 rings (SSSR count). The van der Waals surface area contributed by atoms with E-state index in [0.29, 0.717) is 6.42 Å². The minimum atomic E-state index is -0.656. The first kappa shape index (κ1) is 17.7. The quantitative estimate of drug-likeness (QED) is 0.711. The van der Waals surface area contributed by atoms with Gasteiger partial charge < -0.3 is 5.73 Å². The predicted octanol–water partition coefficient (Wildman–Crippen LogP) is 4.58. The molecule has 1 amide bonds. The maximum Gasteiger partial charge on any atom is 0.231 e.